The summed E-state index contributed by atoms with van der Waals surface area (Å²) >= 11 is 0. The first-order valence-corrected chi connectivity index (χ1v) is 7.43. The van der Waals surface area contributed by atoms with Gasteiger partial charge < -0.3 is 4.74 Å². The maximum atomic E-state index is 11.2. The van der Waals surface area contributed by atoms with Crippen LogP contribution in [-0.4, -0.2) is 15.0 Å². The summed E-state index contributed by atoms with van der Waals surface area (Å²) in [5.74, 6) is 0.712. The van der Waals surface area contributed by atoms with Crippen LogP contribution in [0.5, 0.6) is 5.75 Å². The Bertz CT molecular complexity index is 650. The molecule has 0 heterocycles. The molecule has 0 aliphatic carbocycles. The first-order chi connectivity index (χ1) is 8.00. The van der Waals surface area contributed by atoms with Crippen LogP contribution < -0.4 is 4.74 Å². The van der Waals surface area contributed by atoms with Crippen molar-refractivity contribution in [3.05, 3.63) is 36.4 Å². The van der Waals surface area contributed by atoms with Gasteiger partial charge in [-0.25, -0.2) is 8.42 Å². The summed E-state index contributed by atoms with van der Waals surface area (Å²) < 4.78 is 27.8. The number of halogens is 1. The van der Waals surface area contributed by atoms with Crippen molar-refractivity contribution in [1.29, 1.82) is 0 Å². The Morgan fingerprint density at radius 2 is 1.82 bits per heavy atom. The Hall–Kier alpha value is -1.26. The second kappa shape index (κ2) is 4.55. The second-order valence-electron chi connectivity index (χ2n) is 3.54. The fraction of sp³-hybridized carbons (Fsp3) is 0.167. The predicted octanol–water partition coefficient (Wildman–Crippen LogP) is 3.17. The molecular weight excluding hydrogens is 260 g/mol. The van der Waals surface area contributed by atoms with Crippen LogP contribution in [0.15, 0.2) is 41.3 Å². The molecule has 0 spiro atoms. The molecule has 90 valence electrons. The second-order valence-corrected chi connectivity index (χ2v) is 6.11. The molecule has 5 heteroatoms. The van der Waals surface area contributed by atoms with Crippen molar-refractivity contribution >= 4 is 30.5 Å². The van der Waals surface area contributed by atoms with E-state index in [2.05, 4.69) is 0 Å². The Labute approximate surface area is 104 Å². The van der Waals surface area contributed by atoms with Crippen LogP contribution in [-0.2, 0) is 9.05 Å². The normalized spacial score (nSPS) is 11.6. The molecule has 0 bridgehead atoms. The van der Waals surface area contributed by atoms with Crippen LogP contribution in [0.25, 0.3) is 10.8 Å². The van der Waals surface area contributed by atoms with Crippen molar-refractivity contribution in [2.45, 2.75) is 11.8 Å². The molecule has 0 fully saturated rings. The molecule has 2 aromatic rings. The van der Waals surface area contributed by atoms with E-state index in [1.54, 1.807) is 18.2 Å². The first-order valence-electron chi connectivity index (χ1n) is 5.12. The lowest BCUT2D eigenvalue weighted by atomic mass is 10.1. The molecule has 0 saturated heterocycles. The van der Waals surface area contributed by atoms with Crippen molar-refractivity contribution in [2.24, 2.45) is 0 Å². The molecule has 0 aromatic heterocycles. The number of fused-ring (bicyclic) bond motifs is 1. The molecule has 0 radical (unpaired) electrons. The highest BCUT2D eigenvalue weighted by atomic mass is 35.7. The zero-order valence-corrected chi connectivity index (χ0v) is 10.8. The average Bonchev–Trinajstić information content (AvgIpc) is 2.27. The molecule has 0 N–H and O–H groups in total. The topological polar surface area (TPSA) is 43.4 Å². The highest BCUT2D eigenvalue weighted by Gasteiger charge is 2.10. The van der Waals surface area contributed by atoms with E-state index in [0.717, 1.165) is 10.8 Å². The summed E-state index contributed by atoms with van der Waals surface area (Å²) in [6, 6.07) is 10.3. The summed E-state index contributed by atoms with van der Waals surface area (Å²) in [5.41, 5.74) is 0. The third-order valence-electron chi connectivity index (χ3n) is 2.38. The Morgan fingerprint density at radius 1 is 1.12 bits per heavy atom. The minimum atomic E-state index is -3.69. The molecule has 2 aromatic carbocycles. The maximum Gasteiger partial charge on any atom is 0.261 e. The van der Waals surface area contributed by atoms with Gasteiger partial charge in [0.2, 0.25) is 0 Å². The van der Waals surface area contributed by atoms with Crippen LogP contribution in [0.1, 0.15) is 6.92 Å². The molecule has 0 aliphatic heterocycles. The van der Waals surface area contributed by atoms with E-state index in [1.165, 1.54) is 6.07 Å². The fourth-order valence-corrected chi connectivity index (χ4v) is 2.40. The van der Waals surface area contributed by atoms with Gasteiger partial charge in [0.15, 0.2) is 0 Å². The number of rotatable bonds is 3. The zero-order valence-electron chi connectivity index (χ0n) is 9.18. The highest BCUT2D eigenvalue weighted by molar-refractivity contribution is 8.13. The van der Waals surface area contributed by atoms with Crippen molar-refractivity contribution in [1.82, 2.24) is 0 Å². The molecule has 0 atom stereocenters. The largest absolute Gasteiger partial charge is 0.494 e. The van der Waals surface area contributed by atoms with E-state index in [1.807, 2.05) is 19.1 Å². The van der Waals surface area contributed by atoms with Crippen LogP contribution in [0.2, 0.25) is 0 Å². The van der Waals surface area contributed by atoms with E-state index in [-0.39, 0.29) is 4.90 Å². The third-order valence-corrected chi connectivity index (χ3v) is 3.73. The van der Waals surface area contributed by atoms with Gasteiger partial charge in [0.25, 0.3) is 9.05 Å². The molecule has 3 nitrogen and oxygen atoms in total. The summed E-state index contributed by atoms with van der Waals surface area (Å²) in [6.45, 7) is 2.46. The lowest BCUT2D eigenvalue weighted by molar-refractivity contribution is 0.341. The lowest BCUT2D eigenvalue weighted by Crippen LogP contribution is -1.92. The van der Waals surface area contributed by atoms with Crippen LogP contribution in [0.4, 0.5) is 0 Å². The van der Waals surface area contributed by atoms with Crippen LogP contribution >= 0.6 is 10.7 Å². The molecule has 0 saturated carbocycles. The van der Waals surface area contributed by atoms with E-state index < -0.39 is 9.05 Å². The van der Waals surface area contributed by atoms with Crippen molar-refractivity contribution in [3.63, 3.8) is 0 Å². The van der Waals surface area contributed by atoms with Gasteiger partial charge in [0.05, 0.1) is 11.5 Å². The Balaban J connectivity index is 2.58. The van der Waals surface area contributed by atoms with Gasteiger partial charge in [-0.3, -0.25) is 0 Å². The Kier molecular flexibility index (Phi) is 3.26. The summed E-state index contributed by atoms with van der Waals surface area (Å²) in [7, 11) is 1.61. The third kappa shape index (κ3) is 2.70. The van der Waals surface area contributed by atoms with Gasteiger partial charge in [-0.1, -0.05) is 12.1 Å². The monoisotopic (exact) mass is 270 g/mol. The lowest BCUT2D eigenvalue weighted by Gasteiger charge is -2.05. The molecule has 0 amide bonds. The van der Waals surface area contributed by atoms with E-state index in [4.69, 9.17) is 15.4 Å². The van der Waals surface area contributed by atoms with E-state index in [0.29, 0.717) is 12.4 Å². The van der Waals surface area contributed by atoms with Crippen LogP contribution in [0.3, 0.4) is 0 Å². The van der Waals surface area contributed by atoms with Crippen molar-refractivity contribution in [3.8, 4) is 5.75 Å². The first kappa shape index (κ1) is 12.2. The zero-order chi connectivity index (χ0) is 12.5. The summed E-state index contributed by atoms with van der Waals surface area (Å²) in [4.78, 5) is 0.0975. The number of hydrogen-bond donors (Lipinski definition) is 0. The Morgan fingerprint density at radius 3 is 2.47 bits per heavy atom. The van der Waals surface area contributed by atoms with E-state index >= 15 is 0 Å². The maximum absolute atomic E-state index is 11.2. The standard InChI is InChI=1S/C12H11ClO3S/c1-2-16-11-5-3-9-4-6-12(17(13,14)15)8-10(9)7-11/h3-8H,2H2,1H3. The number of ether oxygens (including phenoxy) is 1. The van der Waals surface area contributed by atoms with Crippen molar-refractivity contribution in [2.75, 3.05) is 6.61 Å². The van der Waals surface area contributed by atoms with Gasteiger partial charge in [-0.2, -0.15) is 0 Å². The molecule has 2 rings (SSSR count). The minimum absolute atomic E-state index is 0.0975. The van der Waals surface area contributed by atoms with Gasteiger partial charge in [-0.15, -0.1) is 0 Å². The van der Waals surface area contributed by atoms with Crippen molar-refractivity contribution < 1.29 is 13.2 Å². The molecule has 17 heavy (non-hydrogen) atoms. The average molecular weight is 271 g/mol. The summed E-state index contributed by atoms with van der Waals surface area (Å²) in [5, 5.41) is 1.73. The molecule has 0 aliphatic rings. The smallest absolute Gasteiger partial charge is 0.261 e. The summed E-state index contributed by atoms with van der Waals surface area (Å²) in [6.07, 6.45) is 0. The van der Waals surface area contributed by atoms with Gasteiger partial charge in [0, 0.05) is 10.7 Å². The van der Waals surface area contributed by atoms with Gasteiger partial charge in [0.1, 0.15) is 5.75 Å². The molecular formula is C12H11ClO3S. The minimum Gasteiger partial charge on any atom is -0.494 e. The number of benzene rings is 2. The highest BCUT2D eigenvalue weighted by Crippen LogP contribution is 2.25. The number of hydrogen-bond acceptors (Lipinski definition) is 3. The fourth-order valence-electron chi connectivity index (χ4n) is 1.61. The van der Waals surface area contributed by atoms with Crippen LogP contribution in [0, 0.1) is 0 Å². The van der Waals surface area contributed by atoms with E-state index in [9.17, 15) is 8.42 Å². The van der Waals surface area contributed by atoms with Gasteiger partial charge >= 0.3 is 0 Å². The van der Waals surface area contributed by atoms with Gasteiger partial charge in [-0.05, 0) is 42.0 Å². The quantitative estimate of drug-likeness (QED) is 0.805. The predicted molar refractivity (Wildman–Crippen MR) is 68.2 cm³/mol. The molecule has 0 unspecified atom stereocenters. The SMILES string of the molecule is CCOc1ccc2ccc(S(=O)(=O)Cl)cc2c1.